The summed E-state index contributed by atoms with van der Waals surface area (Å²) in [5.41, 5.74) is 0. The van der Waals surface area contributed by atoms with E-state index in [-0.39, 0.29) is 11.9 Å². The molecule has 1 atom stereocenters. The maximum atomic E-state index is 11.5. The molecular formula is C13H19N3OS. The second kappa shape index (κ2) is 7.85. The van der Waals surface area contributed by atoms with Crippen LogP contribution in [0.3, 0.4) is 0 Å². The fourth-order valence-electron chi connectivity index (χ4n) is 1.40. The van der Waals surface area contributed by atoms with Crippen molar-refractivity contribution >= 4 is 17.2 Å². The summed E-state index contributed by atoms with van der Waals surface area (Å²) in [5.74, 6) is 0.0840. The maximum Gasteiger partial charge on any atom is 0.221 e. The zero-order chi connectivity index (χ0) is 13.4. The summed E-state index contributed by atoms with van der Waals surface area (Å²) in [6.07, 6.45) is 1.44. The van der Waals surface area contributed by atoms with Gasteiger partial charge in [0.15, 0.2) is 0 Å². The zero-order valence-corrected chi connectivity index (χ0v) is 11.6. The Bertz CT molecular complexity index is 422. The van der Waals surface area contributed by atoms with Crippen molar-refractivity contribution in [3.05, 3.63) is 21.9 Å². The summed E-state index contributed by atoms with van der Waals surface area (Å²) in [7, 11) is 0. The summed E-state index contributed by atoms with van der Waals surface area (Å²) in [6.45, 7) is 5.41. The highest BCUT2D eigenvalue weighted by Crippen LogP contribution is 2.14. The first-order valence-corrected chi connectivity index (χ1v) is 6.96. The van der Waals surface area contributed by atoms with Crippen LogP contribution in [0.2, 0.25) is 0 Å². The van der Waals surface area contributed by atoms with Gasteiger partial charge in [0.1, 0.15) is 10.9 Å². The molecular weight excluding hydrogens is 246 g/mol. The first-order valence-electron chi connectivity index (χ1n) is 6.14. The second-order valence-electron chi connectivity index (χ2n) is 4.18. The van der Waals surface area contributed by atoms with Crippen molar-refractivity contribution in [1.82, 2.24) is 10.6 Å². The van der Waals surface area contributed by atoms with Gasteiger partial charge < -0.3 is 10.6 Å². The summed E-state index contributed by atoms with van der Waals surface area (Å²) in [4.78, 5) is 13.3. The lowest BCUT2D eigenvalue weighted by atomic mass is 10.2. The van der Waals surface area contributed by atoms with Crippen LogP contribution in [0.1, 0.15) is 36.4 Å². The predicted molar refractivity (Wildman–Crippen MR) is 73.3 cm³/mol. The van der Waals surface area contributed by atoms with Gasteiger partial charge in [-0.3, -0.25) is 4.79 Å². The Morgan fingerprint density at radius 1 is 1.56 bits per heavy atom. The lowest BCUT2D eigenvalue weighted by Crippen LogP contribution is -2.33. The molecule has 0 spiro atoms. The lowest BCUT2D eigenvalue weighted by Gasteiger charge is -2.11. The minimum absolute atomic E-state index is 0.0840. The average Bonchev–Trinajstić information content (AvgIpc) is 2.82. The quantitative estimate of drug-likeness (QED) is 0.741. The van der Waals surface area contributed by atoms with Crippen molar-refractivity contribution in [2.75, 3.05) is 6.54 Å². The van der Waals surface area contributed by atoms with Crippen LogP contribution in [0, 0.1) is 11.3 Å². The highest BCUT2D eigenvalue weighted by molar-refractivity contribution is 7.12. The van der Waals surface area contributed by atoms with E-state index in [0.29, 0.717) is 19.5 Å². The van der Waals surface area contributed by atoms with Crippen molar-refractivity contribution in [3.8, 4) is 6.07 Å². The summed E-state index contributed by atoms with van der Waals surface area (Å²) in [6, 6.07) is 6.11. The normalized spacial score (nSPS) is 11.8. The Morgan fingerprint density at radius 2 is 2.33 bits per heavy atom. The average molecular weight is 265 g/mol. The Labute approximate surface area is 112 Å². The highest BCUT2D eigenvalue weighted by atomic mass is 32.1. The molecule has 0 aliphatic rings. The number of nitrogens with zero attached hydrogens (tertiary/aromatic N) is 1. The van der Waals surface area contributed by atoms with Crippen LogP contribution in [-0.2, 0) is 11.3 Å². The summed E-state index contributed by atoms with van der Waals surface area (Å²) in [5, 5.41) is 14.8. The molecule has 18 heavy (non-hydrogen) atoms. The molecule has 0 saturated carbocycles. The van der Waals surface area contributed by atoms with E-state index in [1.165, 1.54) is 11.3 Å². The van der Waals surface area contributed by atoms with Crippen LogP contribution >= 0.6 is 11.3 Å². The fourth-order valence-corrected chi connectivity index (χ4v) is 2.17. The molecule has 0 saturated heterocycles. The van der Waals surface area contributed by atoms with Gasteiger partial charge in [0, 0.05) is 30.4 Å². The van der Waals surface area contributed by atoms with Crippen LogP contribution in [0.15, 0.2) is 12.1 Å². The molecule has 0 fully saturated rings. The van der Waals surface area contributed by atoms with Crippen LogP contribution in [0.25, 0.3) is 0 Å². The van der Waals surface area contributed by atoms with E-state index in [2.05, 4.69) is 16.7 Å². The van der Waals surface area contributed by atoms with Gasteiger partial charge in [-0.05, 0) is 25.5 Å². The van der Waals surface area contributed by atoms with Crippen molar-refractivity contribution in [1.29, 1.82) is 5.26 Å². The number of nitrogens with one attached hydrogen (secondary N) is 2. The molecule has 0 bridgehead atoms. The molecule has 0 aromatic carbocycles. The molecule has 98 valence electrons. The van der Waals surface area contributed by atoms with E-state index in [0.717, 1.165) is 16.2 Å². The van der Waals surface area contributed by atoms with E-state index >= 15 is 0 Å². The third-order valence-corrected chi connectivity index (χ3v) is 3.61. The number of carbonyl (C=O) groups excluding carboxylic acids is 1. The molecule has 1 unspecified atom stereocenters. The van der Waals surface area contributed by atoms with E-state index in [9.17, 15) is 4.79 Å². The minimum atomic E-state index is 0.0840. The molecule has 2 N–H and O–H groups in total. The molecule has 0 aliphatic carbocycles. The number of nitriles is 1. The summed E-state index contributed by atoms with van der Waals surface area (Å²) >= 11 is 1.48. The molecule has 1 amide bonds. The predicted octanol–water partition coefficient (Wildman–Crippen LogP) is 2.01. The topological polar surface area (TPSA) is 64.9 Å². The number of thiophene rings is 1. The number of amides is 1. The number of hydrogen-bond donors (Lipinski definition) is 2. The van der Waals surface area contributed by atoms with Crippen molar-refractivity contribution in [2.45, 2.75) is 39.3 Å². The molecule has 1 aromatic rings. The van der Waals surface area contributed by atoms with Crippen LogP contribution < -0.4 is 10.6 Å². The Balaban J connectivity index is 2.15. The third-order valence-electron chi connectivity index (χ3n) is 2.62. The molecule has 4 nitrogen and oxygen atoms in total. The van der Waals surface area contributed by atoms with Crippen LogP contribution in [-0.4, -0.2) is 18.5 Å². The smallest absolute Gasteiger partial charge is 0.221 e. The maximum absolute atomic E-state index is 11.5. The molecule has 1 heterocycles. The standard InChI is InChI=1S/C13H19N3OS/c1-3-10(2)16-13(17)6-7-15-9-12-5-4-11(8-14)18-12/h4-5,10,15H,3,6-7,9H2,1-2H3,(H,16,17). The van der Waals surface area contributed by atoms with Crippen LogP contribution in [0.4, 0.5) is 0 Å². The Hall–Kier alpha value is -1.38. The minimum Gasteiger partial charge on any atom is -0.354 e. The summed E-state index contributed by atoms with van der Waals surface area (Å²) < 4.78 is 0. The van der Waals surface area contributed by atoms with Gasteiger partial charge in [0.25, 0.3) is 0 Å². The largest absolute Gasteiger partial charge is 0.354 e. The SMILES string of the molecule is CCC(C)NC(=O)CCNCc1ccc(C#N)s1. The van der Waals surface area contributed by atoms with Crippen molar-refractivity contribution in [3.63, 3.8) is 0 Å². The fraction of sp³-hybridized carbons (Fsp3) is 0.538. The first kappa shape index (κ1) is 14.7. The van der Waals surface area contributed by atoms with Gasteiger partial charge >= 0.3 is 0 Å². The highest BCUT2D eigenvalue weighted by Gasteiger charge is 2.05. The van der Waals surface area contributed by atoms with Gasteiger partial charge in [-0.25, -0.2) is 0 Å². The van der Waals surface area contributed by atoms with E-state index in [1.807, 2.05) is 26.0 Å². The lowest BCUT2D eigenvalue weighted by molar-refractivity contribution is -0.121. The zero-order valence-electron chi connectivity index (χ0n) is 10.8. The molecule has 0 aliphatic heterocycles. The first-order chi connectivity index (χ1) is 8.65. The molecule has 1 rings (SSSR count). The number of rotatable bonds is 7. The Morgan fingerprint density at radius 3 is 2.94 bits per heavy atom. The van der Waals surface area contributed by atoms with E-state index in [4.69, 9.17) is 5.26 Å². The van der Waals surface area contributed by atoms with E-state index < -0.39 is 0 Å². The van der Waals surface area contributed by atoms with E-state index in [1.54, 1.807) is 0 Å². The van der Waals surface area contributed by atoms with Gasteiger partial charge in [-0.1, -0.05) is 6.92 Å². The number of hydrogen-bond acceptors (Lipinski definition) is 4. The number of carbonyl (C=O) groups is 1. The van der Waals surface area contributed by atoms with Crippen molar-refractivity contribution < 1.29 is 4.79 Å². The van der Waals surface area contributed by atoms with Gasteiger partial charge in [-0.15, -0.1) is 11.3 Å². The van der Waals surface area contributed by atoms with Gasteiger partial charge in [0.2, 0.25) is 5.91 Å². The molecule has 1 aromatic heterocycles. The molecule has 0 radical (unpaired) electrons. The van der Waals surface area contributed by atoms with Gasteiger partial charge in [-0.2, -0.15) is 5.26 Å². The Kier molecular flexibility index (Phi) is 6.40. The van der Waals surface area contributed by atoms with Gasteiger partial charge in [0.05, 0.1) is 0 Å². The third kappa shape index (κ3) is 5.30. The van der Waals surface area contributed by atoms with Crippen molar-refractivity contribution in [2.24, 2.45) is 0 Å². The monoisotopic (exact) mass is 265 g/mol. The van der Waals surface area contributed by atoms with Crippen LogP contribution in [0.5, 0.6) is 0 Å². The second-order valence-corrected chi connectivity index (χ2v) is 5.35. The molecule has 5 heteroatoms.